The van der Waals surface area contributed by atoms with Gasteiger partial charge in [-0.05, 0) is 42.9 Å². The van der Waals surface area contributed by atoms with Crippen LogP contribution in [0, 0.1) is 5.41 Å². The second kappa shape index (κ2) is 6.82. The van der Waals surface area contributed by atoms with Crippen molar-refractivity contribution in [1.82, 2.24) is 4.98 Å². The highest BCUT2D eigenvalue weighted by Gasteiger charge is 2.50. The molecule has 5 heteroatoms. The highest BCUT2D eigenvalue weighted by molar-refractivity contribution is 7.10. The number of thiazole rings is 1. The Hall–Kier alpha value is -1.65. The van der Waals surface area contributed by atoms with E-state index in [1.54, 1.807) is 11.3 Å². The monoisotopic (exact) mass is 388 g/mol. The molecule has 3 nitrogen and oxygen atoms in total. The van der Waals surface area contributed by atoms with Crippen LogP contribution >= 0.6 is 22.9 Å². The van der Waals surface area contributed by atoms with E-state index in [-0.39, 0.29) is 11.2 Å². The zero-order chi connectivity index (χ0) is 19.1. The predicted octanol–water partition coefficient (Wildman–Crippen LogP) is 6.11. The number of hydrogen-bond acceptors (Lipinski definition) is 4. The molecule has 26 heavy (non-hydrogen) atoms. The molecule has 1 aromatic heterocycles. The van der Waals surface area contributed by atoms with Gasteiger partial charge in [0.2, 0.25) is 0 Å². The number of fused-ring (bicyclic) bond motifs is 1. The van der Waals surface area contributed by atoms with E-state index in [1.807, 2.05) is 30.7 Å². The molecule has 1 N–H and O–H groups in total. The van der Waals surface area contributed by atoms with Crippen molar-refractivity contribution in [1.29, 1.82) is 0 Å². The molecule has 3 rings (SSSR count). The largest absolute Gasteiger partial charge is 0.342 e. The van der Waals surface area contributed by atoms with Crippen LogP contribution < -0.4 is 5.32 Å². The number of aromatic nitrogens is 1. The molecule has 0 spiro atoms. The Labute approximate surface area is 164 Å². The molecule has 1 aliphatic carbocycles. The maximum Gasteiger partial charge on any atom is 0.162 e. The van der Waals surface area contributed by atoms with Gasteiger partial charge in [-0.3, -0.25) is 4.79 Å². The van der Waals surface area contributed by atoms with E-state index in [2.05, 4.69) is 37.7 Å². The summed E-state index contributed by atoms with van der Waals surface area (Å²) < 4.78 is 0. The van der Waals surface area contributed by atoms with Gasteiger partial charge in [0.1, 0.15) is 5.82 Å². The Kier molecular flexibility index (Phi) is 5.02. The van der Waals surface area contributed by atoms with Crippen LogP contribution in [0.5, 0.6) is 0 Å². The van der Waals surface area contributed by atoms with Gasteiger partial charge < -0.3 is 5.32 Å². The minimum absolute atomic E-state index is 0.0598. The molecule has 2 heterocycles. The molecule has 1 aromatic rings. The molecule has 0 saturated heterocycles. The van der Waals surface area contributed by atoms with Crippen LogP contribution in [-0.4, -0.2) is 10.8 Å². The summed E-state index contributed by atoms with van der Waals surface area (Å²) in [5.41, 5.74) is 3.89. The van der Waals surface area contributed by atoms with Crippen molar-refractivity contribution < 1.29 is 4.79 Å². The molecule has 2 aliphatic rings. The van der Waals surface area contributed by atoms with Gasteiger partial charge in [-0.25, -0.2) is 4.98 Å². The Morgan fingerprint density at radius 3 is 2.85 bits per heavy atom. The van der Waals surface area contributed by atoms with Gasteiger partial charge in [0.05, 0.1) is 15.8 Å². The SMILES string of the molecule is C=C(/C=C(Cl)\C=C/C)[C@]1(CC)C2=C(CC(C)(C)CC2=O)Nc2ncsc21. The number of allylic oxidation sites excluding steroid dienone is 7. The summed E-state index contributed by atoms with van der Waals surface area (Å²) in [5.74, 6) is 1.04. The van der Waals surface area contributed by atoms with Crippen molar-refractivity contribution >= 4 is 34.5 Å². The van der Waals surface area contributed by atoms with Crippen molar-refractivity contribution in [3.63, 3.8) is 0 Å². The van der Waals surface area contributed by atoms with Gasteiger partial charge in [0, 0.05) is 22.7 Å². The van der Waals surface area contributed by atoms with Gasteiger partial charge in [-0.2, -0.15) is 0 Å². The van der Waals surface area contributed by atoms with Gasteiger partial charge in [-0.1, -0.05) is 45.0 Å². The van der Waals surface area contributed by atoms with Crippen molar-refractivity contribution in [2.45, 2.75) is 52.4 Å². The fourth-order valence-corrected chi connectivity index (χ4v) is 5.50. The third-order valence-corrected chi connectivity index (χ3v) is 6.47. The third kappa shape index (κ3) is 2.99. The minimum atomic E-state index is -0.563. The van der Waals surface area contributed by atoms with Crippen LogP contribution in [0.2, 0.25) is 0 Å². The van der Waals surface area contributed by atoms with Crippen LogP contribution in [0.4, 0.5) is 5.82 Å². The number of anilines is 1. The average Bonchev–Trinajstić information content (AvgIpc) is 3.00. The third-order valence-electron chi connectivity index (χ3n) is 5.24. The van der Waals surface area contributed by atoms with Gasteiger partial charge in [0.15, 0.2) is 5.78 Å². The number of halogens is 1. The molecular weight excluding hydrogens is 364 g/mol. The van der Waals surface area contributed by atoms with E-state index in [0.29, 0.717) is 11.5 Å². The number of carbonyl (C=O) groups excluding carboxylic acids is 1. The molecule has 0 fully saturated rings. The maximum absolute atomic E-state index is 13.2. The van der Waals surface area contributed by atoms with Crippen molar-refractivity contribution in [3.8, 4) is 0 Å². The lowest BCUT2D eigenvalue weighted by atomic mass is 9.62. The van der Waals surface area contributed by atoms with Crippen LogP contribution in [0.1, 0.15) is 51.8 Å². The lowest BCUT2D eigenvalue weighted by molar-refractivity contribution is -0.118. The molecule has 138 valence electrons. The average molecular weight is 389 g/mol. The highest BCUT2D eigenvalue weighted by Crippen LogP contribution is 2.55. The summed E-state index contributed by atoms with van der Waals surface area (Å²) in [6.07, 6.45) is 7.73. The number of nitrogens with zero attached hydrogens (tertiary/aromatic N) is 1. The summed E-state index contributed by atoms with van der Waals surface area (Å²) in [6, 6.07) is 0. The van der Waals surface area contributed by atoms with E-state index in [0.717, 1.165) is 40.4 Å². The van der Waals surface area contributed by atoms with Crippen LogP contribution in [0.25, 0.3) is 0 Å². The molecule has 0 radical (unpaired) electrons. The molecule has 0 saturated carbocycles. The Morgan fingerprint density at radius 2 is 2.19 bits per heavy atom. The lowest BCUT2D eigenvalue weighted by Crippen LogP contribution is -2.43. The number of rotatable bonds is 4. The standard InChI is InChI=1S/C21H25ClN2OS/c1-6-8-14(22)9-13(3)21(7-2)17-15(10-20(4,5)11-16(17)25)24-19-18(21)26-12-23-19/h6,8-9,12,24H,3,7,10-11H2,1-2,4-5H3/b8-6-,14-9+/t21-/m1/s1. The summed E-state index contributed by atoms with van der Waals surface area (Å²) in [7, 11) is 0. The van der Waals surface area contributed by atoms with Crippen molar-refractivity contribution in [2.24, 2.45) is 5.41 Å². The lowest BCUT2D eigenvalue weighted by Gasteiger charge is -2.45. The number of carbonyl (C=O) groups is 1. The molecule has 0 aromatic carbocycles. The fourth-order valence-electron chi connectivity index (χ4n) is 4.19. The predicted molar refractivity (Wildman–Crippen MR) is 111 cm³/mol. The van der Waals surface area contributed by atoms with E-state index in [1.165, 1.54) is 0 Å². The first-order valence-corrected chi connectivity index (χ1v) is 10.2. The van der Waals surface area contributed by atoms with Gasteiger partial charge in [-0.15, -0.1) is 11.3 Å². The van der Waals surface area contributed by atoms with E-state index < -0.39 is 5.41 Å². The molecule has 0 amide bonds. The van der Waals surface area contributed by atoms with E-state index in [4.69, 9.17) is 11.6 Å². The number of Topliss-reactive ketones (excluding diaryl/α,β-unsaturated/α-hetero) is 1. The second-order valence-electron chi connectivity index (χ2n) is 7.76. The first-order chi connectivity index (χ1) is 12.2. The van der Waals surface area contributed by atoms with E-state index in [9.17, 15) is 4.79 Å². The smallest absolute Gasteiger partial charge is 0.162 e. The zero-order valence-electron chi connectivity index (χ0n) is 15.8. The number of hydrogen-bond donors (Lipinski definition) is 1. The van der Waals surface area contributed by atoms with Gasteiger partial charge in [0.25, 0.3) is 0 Å². The Bertz CT molecular complexity index is 859. The molecule has 1 aliphatic heterocycles. The Morgan fingerprint density at radius 1 is 1.46 bits per heavy atom. The molecule has 0 bridgehead atoms. The number of ketones is 1. The van der Waals surface area contributed by atoms with E-state index >= 15 is 0 Å². The normalized spacial score (nSPS) is 25.1. The van der Waals surface area contributed by atoms with Crippen LogP contribution in [0.3, 0.4) is 0 Å². The van der Waals surface area contributed by atoms with Crippen LogP contribution in [-0.2, 0) is 10.2 Å². The summed E-state index contributed by atoms with van der Waals surface area (Å²) >= 11 is 7.93. The maximum atomic E-state index is 13.2. The minimum Gasteiger partial charge on any atom is -0.342 e. The topological polar surface area (TPSA) is 42.0 Å². The van der Waals surface area contributed by atoms with Gasteiger partial charge >= 0.3 is 0 Å². The highest BCUT2D eigenvalue weighted by atomic mass is 35.5. The first kappa shape index (κ1) is 19.1. The zero-order valence-corrected chi connectivity index (χ0v) is 17.4. The quantitative estimate of drug-likeness (QED) is 0.632. The fraction of sp³-hybridized carbons (Fsp3) is 0.429. The van der Waals surface area contributed by atoms with Crippen LogP contribution in [0.15, 0.2) is 52.2 Å². The summed E-state index contributed by atoms with van der Waals surface area (Å²) in [6.45, 7) is 12.7. The number of nitrogens with one attached hydrogen (secondary N) is 1. The Balaban J connectivity index is 2.24. The van der Waals surface area contributed by atoms with Crippen molar-refractivity contribution in [3.05, 3.63) is 57.1 Å². The van der Waals surface area contributed by atoms with Crippen molar-refractivity contribution in [2.75, 3.05) is 5.32 Å². The summed E-state index contributed by atoms with van der Waals surface area (Å²) in [5, 5.41) is 4.05. The molecular formula is C21H25ClN2OS. The molecule has 0 unspecified atom stereocenters. The summed E-state index contributed by atoms with van der Waals surface area (Å²) in [4.78, 5) is 18.8. The first-order valence-electron chi connectivity index (χ1n) is 8.92. The second-order valence-corrected chi connectivity index (χ2v) is 9.05. The molecule has 1 atom stereocenters.